The molecule has 13 heavy (non-hydrogen) atoms. The van der Waals surface area contributed by atoms with Gasteiger partial charge in [-0.2, -0.15) is 0 Å². The Morgan fingerprint density at radius 2 is 2.15 bits per heavy atom. The van der Waals surface area contributed by atoms with Gasteiger partial charge in [-0.05, 0) is 19.8 Å². The van der Waals surface area contributed by atoms with E-state index in [9.17, 15) is 9.59 Å². The van der Waals surface area contributed by atoms with Crippen molar-refractivity contribution < 1.29 is 9.59 Å². The second-order valence-electron chi connectivity index (χ2n) is 3.35. The Labute approximate surface area is 77.1 Å². The lowest BCUT2D eigenvalue weighted by Gasteiger charge is -2.07. The molecule has 0 heterocycles. The monoisotopic (exact) mass is 185 g/mol. The van der Waals surface area contributed by atoms with Crippen LogP contribution in [0.3, 0.4) is 0 Å². The van der Waals surface area contributed by atoms with Crippen molar-refractivity contribution in [2.24, 2.45) is 5.73 Å². The Hall–Kier alpha value is -1.10. The molecule has 74 valence electrons. The van der Waals surface area contributed by atoms with E-state index in [2.05, 4.69) is 10.6 Å². The molecule has 1 rings (SSSR count). The van der Waals surface area contributed by atoms with Crippen molar-refractivity contribution in [3.8, 4) is 0 Å². The number of carbonyl (C=O) groups excluding carboxylic acids is 2. The highest BCUT2D eigenvalue weighted by molar-refractivity contribution is 5.87. The summed E-state index contributed by atoms with van der Waals surface area (Å²) in [6.07, 6.45) is 2.10. The fourth-order valence-electron chi connectivity index (χ4n) is 0.835. The van der Waals surface area contributed by atoms with Gasteiger partial charge in [-0.15, -0.1) is 0 Å². The van der Waals surface area contributed by atoms with Gasteiger partial charge in [0, 0.05) is 6.04 Å². The smallest absolute Gasteiger partial charge is 0.239 e. The summed E-state index contributed by atoms with van der Waals surface area (Å²) in [5, 5.41) is 5.19. The van der Waals surface area contributed by atoms with E-state index in [1.807, 2.05) is 0 Å². The Morgan fingerprint density at radius 3 is 2.62 bits per heavy atom. The standard InChI is InChI=1S/C8H15N3O2/c1-5(9)8(13)10-4-7(12)11-6-2-3-6/h5-6H,2-4,9H2,1H3,(H,10,13)(H,11,12). The summed E-state index contributed by atoms with van der Waals surface area (Å²) in [5.41, 5.74) is 5.29. The maximum absolute atomic E-state index is 11.1. The fourth-order valence-corrected chi connectivity index (χ4v) is 0.835. The SMILES string of the molecule is CC(N)C(=O)NCC(=O)NC1CC1. The number of amides is 2. The van der Waals surface area contributed by atoms with Crippen molar-refractivity contribution in [3.63, 3.8) is 0 Å². The molecule has 0 spiro atoms. The first-order valence-electron chi connectivity index (χ1n) is 4.42. The van der Waals surface area contributed by atoms with Crippen LogP contribution < -0.4 is 16.4 Å². The third-order valence-electron chi connectivity index (χ3n) is 1.78. The molecule has 0 aromatic heterocycles. The number of rotatable bonds is 4. The third kappa shape index (κ3) is 3.89. The van der Waals surface area contributed by atoms with Crippen LogP contribution in [-0.2, 0) is 9.59 Å². The quantitative estimate of drug-likeness (QED) is 0.510. The van der Waals surface area contributed by atoms with E-state index >= 15 is 0 Å². The number of nitrogens with two attached hydrogens (primary N) is 1. The Morgan fingerprint density at radius 1 is 1.54 bits per heavy atom. The van der Waals surface area contributed by atoms with Crippen molar-refractivity contribution in [2.45, 2.75) is 31.8 Å². The highest BCUT2D eigenvalue weighted by Gasteiger charge is 2.23. The maximum Gasteiger partial charge on any atom is 0.239 e. The average molecular weight is 185 g/mol. The Balaban J connectivity index is 2.09. The predicted molar refractivity (Wildman–Crippen MR) is 47.8 cm³/mol. The topological polar surface area (TPSA) is 84.2 Å². The number of nitrogens with one attached hydrogen (secondary N) is 2. The maximum atomic E-state index is 11.1. The molecule has 2 amide bonds. The van der Waals surface area contributed by atoms with Gasteiger partial charge in [0.05, 0.1) is 12.6 Å². The van der Waals surface area contributed by atoms with Crippen LogP contribution in [0, 0.1) is 0 Å². The van der Waals surface area contributed by atoms with Gasteiger partial charge in [0.15, 0.2) is 0 Å². The van der Waals surface area contributed by atoms with Crippen molar-refractivity contribution >= 4 is 11.8 Å². The van der Waals surface area contributed by atoms with Crippen LogP contribution >= 0.6 is 0 Å². The second-order valence-corrected chi connectivity index (χ2v) is 3.35. The number of hydrogen-bond acceptors (Lipinski definition) is 3. The minimum absolute atomic E-state index is 0.0247. The van der Waals surface area contributed by atoms with Crippen molar-refractivity contribution in [3.05, 3.63) is 0 Å². The van der Waals surface area contributed by atoms with Gasteiger partial charge in [0.25, 0.3) is 0 Å². The molecule has 0 aromatic carbocycles. The van der Waals surface area contributed by atoms with Gasteiger partial charge in [-0.1, -0.05) is 0 Å². The summed E-state index contributed by atoms with van der Waals surface area (Å²) in [6.45, 7) is 1.60. The van der Waals surface area contributed by atoms with E-state index in [1.54, 1.807) is 6.92 Å². The number of carbonyl (C=O) groups is 2. The van der Waals surface area contributed by atoms with Gasteiger partial charge in [-0.3, -0.25) is 9.59 Å². The molecular weight excluding hydrogens is 170 g/mol. The molecule has 0 aliphatic heterocycles. The van der Waals surface area contributed by atoms with E-state index in [4.69, 9.17) is 5.73 Å². The van der Waals surface area contributed by atoms with E-state index in [0.717, 1.165) is 12.8 Å². The Bertz CT molecular complexity index is 211. The molecule has 0 aromatic rings. The highest BCUT2D eigenvalue weighted by atomic mass is 16.2. The molecular formula is C8H15N3O2. The molecule has 0 bridgehead atoms. The van der Waals surface area contributed by atoms with Crippen LogP contribution in [-0.4, -0.2) is 30.4 Å². The van der Waals surface area contributed by atoms with Gasteiger partial charge in [-0.25, -0.2) is 0 Å². The molecule has 1 aliphatic carbocycles. The van der Waals surface area contributed by atoms with E-state index < -0.39 is 6.04 Å². The van der Waals surface area contributed by atoms with Crippen LogP contribution in [0.4, 0.5) is 0 Å². The van der Waals surface area contributed by atoms with Crippen LogP contribution in [0.5, 0.6) is 0 Å². The first-order valence-corrected chi connectivity index (χ1v) is 4.42. The minimum atomic E-state index is -0.561. The molecule has 5 heteroatoms. The minimum Gasteiger partial charge on any atom is -0.352 e. The lowest BCUT2D eigenvalue weighted by Crippen LogP contribution is -2.43. The largest absolute Gasteiger partial charge is 0.352 e. The molecule has 1 saturated carbocycles. The average Bonchev–Trinajstić information content (AvgIpc) is 2.83. The van der Waals surface area contributed by atoms with Crippen LogP contribution in [0.2, 0.25) is 0 Å². The first kappa shape index (κ1) is 9.98. The molecule has 1 unspecified atom stereocenters. The molecule has 1 fully saturated rings. The normalized spacial score (nSPS) is 17.7. The molecule has 0 saturated heterocycles. The van der Waals surface area contributed by atoms with Crippen molar-refractivity contribution in [1.29, 1.82) is 0 Å². The van der Waals surface area contributed by atoms with E-state index in [0.29, 0.717) is 6.04 Å². The second kappa shape index (κ2) is 4.23. The first-order chi connectivity index (χ1) is 6.09. The molecule has 1 aliphatic rings. The summed E-state index contributed by atoms with van der Waals surface area (Å²) in [6, 6.07) is -0.228. The van der Waals surface area contributed by atoms with Gasteiger partial charge in [0.2, 0.25) is 11.8 Å². The summed E-state index contributed by atoms with van der Waals surface area (Å²) < 4.78 is 0. The van der Waals surface area contributed by atoms with Gasteiger partial charge in [0.1, 0.15) is 0 Å². The molecule has 5 nitrogen and oxygen atoms in total. The lowest BCUT2D eigenvalue weighted by molar-refractivity contribution is -0.126. The zero-order valence-corrected chi connectivity index (χ0v) is 7.67. The summed E-state index contributed by atoms with van der Waals surface area (Å²) in [7, 11) is 0. The summed E-state index contributed by atoms with van der Waals surface area (Å²) in [5.74, 6) is -0.442. The van der Waals surface area contributed by atoms with Gasteiger partial charge >= 0.3 is 0 Å². The lowest BCUT2D eigenvalue weighted by atomic mass is 10.3. The zero-order valence-electron chi connectivity index (χ0n) is 7.67. The molecule has 1 atom stereocenters. The number of hydrogen-bond donors (Lipinski definition) is 3. The van der Waals surface area contributed by atoms with Crippen molar-refractivity contribution in [2.75, 3.05) is 6.54 Å². The fraction of sp³-hybridized carbons (Fsp3) is 0.750. The van der Waals surface area contributed by atoms with Crippen LogP contribution in [0.15, 0.2) is 0 Å². The van der Waals surface area contributed by atoms with E-state index in [-0.39, 0.29) is 18.4 Å². The predicted octanol–water partition coefficient (Wildman–Crippen LogP) is -1.27. The summed E-state index contributed by atoms with van der Waals surface area (Å²) >= 11 is 0. The zero-order chi connectivity index (χ0) is 9.84. The van der Waals surface area contributed by atoms with Crippen LogP contribution in [0.25, 0.3) is 0 Å². The Kier molecular flexibility index (Phi) is 3.25. The molecule has 0 radical (unpaired) electrons. The third-order valence-corrected chi connectivity index (χ3v) is 1.78. The summed E-state index contributed by atoms with van der Waals surface area (Å²) in [4.78, 5) is 22.0. The van der Waals surface area contributed by atoms with E-state index in [1.165, 1.54) is 0 Å². The molecule has 4 N–H and O–H groups in total. The van der Waals surface area contributed by atoms with Gasteiger partial charge < -0.3 is 16.4 Å². The van der Waals surface area contributed by atoms with Crippen LogP contribution in [0.1, 0.15) is 19.8 Å². The highest BCUT2D eigenvalue weighted by Crippen LogP contribution is 2.17. The van der Waals surface area contributed by atoms with Crippen molar-refractivity contribution in [1.82, 2.24) is 10.6 Å².